The molecule has 6 nitrogen and oxygen atoms in total. The first-order valence-corrected chi connectivity index (χ1v) is 7.60. The van der Waals surface area contributed by atoms with Crippen molar-refractivity contribution in [3.05, 3.63) is 0 Å². The van der Waals surface area contributed by atoms with Crippen LogP contribution in [0.1, 0.15) is 26.7 Å². The minimum absolute atomic E-state index is 0.00157. The van der Waals surface area contributed by atoms with Crippen LogP contribution >= 0.6 is 0 Å². The van der Waals surface area contributed by atoms with Gasteiger partial charge in [0.1, 0.15) is 5.25 Å². The van der Waals surface area contributed by atoms with Gasteiger partial charge in [-0.2, -0.15) is 0 Å². The molecule has 0 bridgehead atoms. The van der Waals surface area contributed by atoms with E-state index in [1.807, 2.05) is 13.8 Å². The van der Waals surface area contributed by atoms with Crippen molar-refractivity contribution in [2.75, 3.05) is 19.4 Å². The van der Waals surface area contributed by atoms with Crippen LogP contribution in [0.3, 0.4) is 0 Å². The van der Waals surface area contributed by atoms with Crippen molar-refractivity contribution in [2.24, 2.45) is 0 Å². The van der Waals surface area contributed by atoms with Crippen LogP contribution in [0.25, 0.3) is 0 Å². The third-order valence-electron chi connectivity index (χ3n) is 3.07. The van der Waals surface area contributed by atoms with Crippen LogP contribution in [0.15, 0.2) is 0 Å². The molecule has 1 amide bonds. The molecule has 1 heterocycles. The summed E-state index contributed by atoms with van der Waals surface area (Å²) in [4.78, 5) is 24.4. The first-order chi connectivity index (χ1) is 8.29. The van der Waals surface area contributed by atoms with Crippen LogP contribution in [0.4, 0.5) is 0 Å². The van der Waals surface area contributed by atoms with E-state index < -0.39 is 21.1 Å². The number of carbonyl (C=O) groups is 2. The van der Waals surface area contributed by atoms with E-state index in [-0.39, 0.29) is 24.1 Å². The van der Waals surface area contributed by atoms with E-state index in [9.17, 15) is 18.0 Å². The van der Waals surface area contributed by atoms with E-state index in [2.05, 4.69) is 4.74 Å². The lowest BCUT2D eigenvalue weighted by atomic mass is 10.3. The molecular weight excluding hydrogens is 258 g/mol. The van der Waals surface area contributed by atoms with Gasteiger partial charge >= 0.3 is 5.97 Å². The number of amides is 1. The van der Waals surface area contributed by atoms with Gasteiger partial charge < -0.3 is 9.64 Å². The number of likely N-dealkylation sites (tertiary alicyclic amines) is 1. The molecular formula is C11H19NO5S. The zero-order valence-corrected chi connectivity index (χ0v) is 11.7. The molecule has 0 aromatic rings. The fourth-order valence-electron chi connectivity index (χ4n) is 1.99. The molecule has 0 aromatic carbocycles. The lowest BCUT2D eigenvalue weighted by Crippen LogP contribution is -2.38. The molecule has 7 heteroatoms. The van der Waals surface area contributed by atoms with Gasteiger partial charge in [0.15, 0.2) is 9.84 Å². The van der Waals surface area contributed by atoms with E-state index in [4.69, 9.17) is 0 Å². The third kappa shape index (κ3) is 3.22. The van der Waals surface area contributed by atoms with Crippen molar-refractivity contribution in [2.45, 2.75) is 38.0 Å². The second-order valence-electron chi connectivity index (χ2n) is 4.60. The molecule has 0 saturated carbocycles. The molecule has 0 N–H and O–H groups in total. The minimum atomic E-state index is -3.57. The van der Waals surface area contributed by atoms with Gasteiger partial charge in [-0.3, -0.25) is 9.59 Å². The van der Waals surface area contributed by atoms with Gasteiger partial charge in [-0.15, -0.1) is 0 Å². The number of hydrogen-bond donors (Lipinski definition) is 0. The number of nitrogens with zero attached hydrogens (tertiary/aromatic N) is 1. The smallest absolute Gasteiger partial charge is 0.306 e. The highest BCUT2D eigenvalue weighted by Crippen LogP contribution is 2.21. The fraction of sp³-hybridized carbons (Fsp3) is 0.818. The van der Waals surface area contributed by atoms with Crippen molar-refractivity contribution in [1.82, 2.24) is 4.90 Å². The predicted molar refractivity (Wildman–Crippen MR) is 65.7 cm³/mol. The van der Waals surface area contributed by atoms with Crippen molar-refractivity contribution < 1.29 is 22.7 Å². The van der Waals surface area contributed by atoms with Gasteiger partial charge in [-0.25, -0.2) is 8.42 Å². The fourth-order valence-corrected chi connectivity index (χ4v) is 3.63. The zero-order valence-electron chi connectivity index (χ0n) is 10.9. The minimum Gasteiger partial charge on any atom is -0.469 e. The summed E-state index contributed by atoms with van der Waals surface area (Å²) in [6, 6.07) is -0.00157. The first kappa shape index (κ1) is 14.9. The average Bonchev–Trinajstić information content (AvgIpc) is 2.68. The second kappa shape index (κ2) is 5.69. The largest absolute Gasteiger partial charge is 0.469 e. The van der Waals surface area contributed by atoms with Crippen LogP contribution in [-0.4, -0.2) is 55.9 Å². The van der Waals surface area contributed by atoms with E-state index >= 15 is 0 Å². The highest BCUT2D eigenvalue weighted by Gasteiger charge is 2.41. The molecule has 1 aliphatic rings. The van der Waals surface area contributed by atoms with Crippen LogP contribution in [-0.2, 0) is 24.2 Å². The number of hydrogen-bond acceptors (Lipinski definition) is 5. The molecule has 1 atom stereocenters. The summed E-state index contributed by atoms with van der Waals surface area (Å²) in [5, 5.41) is -0.996. The lowest BCUT2D eigenvalue weighted by Gasteiger charge is -2.20. The molecule has 1 fully saturated rings. The molecule has 0 aromatic heterocycles. The Morgan fingerprint density at radius 1 is 1.50 bits per heavy atom. The Morgan fingerprint density at radius 3 is 2.56 bits per heavy atom. The second-order valence-corrected chi connectivity index (χ2v) is 6.90. The van der Waals surface area contributed by atoms with E-state index in [1.54, 1.807) is 4.90 Å². The summed E-state index contributed by atoms with van der Waals surface area (Å²) < 4.78 is 28.3. The van der Waals surface area contributed by atoms with Crippen molar-refractivity contribution in [3.8, 4) is 0 Å². The van der Waals surface area contributed by atoms with E-state index in [0.29, 0.717) is 13.0 Å². The third-order valence-corrected chi connectivity index (χ3v) is 5.14. The van der Waals surface area contributed by atoms with Crippen molar-refractivity contribution in [3.63, 3.8) is 0 Å². The van der Waals surface area contributed by atoms with Crippen molar-refractivity contribution in [1.29, 1.82) is 0 Å². The quantitative estimate of drug-likeness (QED) is 0.659. The maximum absolute atomic E-state index is 12.0. The summed E-state index contributed by atoms with van der Waals surface area (Å²) >= 11 is 0. The molecule has 18 heavy (non-hydrogen) atoms. The lowest BCUT2D eigenvalue weighted by molar-refractivity contribution is -0.140. The number of rotatable bonds is 5. The van der Waals surface area contributed by atoms with Gasteiger partial charge in [-0.1, -0.05) is 0 Å². The Hall–Kier alpha value is -1.11. The summed E-state index contributed by atoms with van der Waals surface area (Å²) in [7, 11) is -2.37. The van der Waals surface area contributed by atoms with E-state index in [0.717, 1.165) is 0 Å². The highest BCUT2D eigenvalue weighted by atomic mass is 32.2. The molecule has 0 radical (unpaired) electrons. The molecule has 0 spiro atoms. The Balaban J connectivity index is 2.70. The van der Waals surface area contributed by atoms with Gasteiger partial charge in [0, 0.05) is 12.6 Å². The van der Waals surface area contributed by atoms with Gasteiger partial charge in [0.05, 0.1) is 19.3 Å². The number of esters is 1. The molecule has 1 rings (SSSR count). The molecule has 1 aliphatic heterocycles. The van der Waals surface area contributed by atoms with Crippen LogP contribution in [0.2, 0.25) is 0 Å². The molecule has 0 aliphatic carbocycles. The van der Waals surface area contributed by atoms with Gasteiger partial charge in [-0.05, 0) is 20.3 Å². The molecule has 1 saturated heterocycles. The Morgan fingerprint density at radius 2 is 2.11 bits per heavy atom. The summed E-state index contributed by atoms with van der Waals surface area (Å²) in [5.74, 6) is -1.26. The number of carbonyl (C=O) groups excluding carboxylic acids is 2. The number of sulfone groups is 1. The normalized spacial score (nSPS) is 20.6. The molecule has 1 unspecified atom stereocenters. The number of methoxy groups -OCH3 is 1. The van der Waals surface area contributed by atoms with E-state index in [1.165, 1.54) is 7.11 Å². The van der Waals surface area contributed by atoms with Crippen LogP contribution in [0.5, 0.6) is 0 Å². The van der Waals surface area contributed by atoms with Crippen molar-refractivity contribution >= 4 is 21.7 Å². The zero-order chi connectivity index (χ0) is 13.9. The van der Waals surface area contributed by atoms with Gasteiger partial charge in [0.25, 0.3) is 0 Å². The topological polar surface area (TPSA) is 80.8 Å². The first-order valence-electron chi connectivity index (χ1n) is 5.88. The number of ether oxygens (including phenoxy) is 1. The van der Waals surface area contributed by atoms with Crippen LogP contribution in [0, 0.1) is 0 Å². The summed E-state index contributed by atoms with van der Waals surface area (Å²) in [6.07, 6.45) is 0.102. The maximum Gasteiger partial charge on any atom is 0.306 e. The SMILES string of the molecule is COC(=O)CCS(=O)(=O)C1CCN(C(C)C)C1=O. The summed E-state index contributed by atoms with van der Waals surface area (Å²) in [6.45, 7) is 4.15. The molecule has 104 valence electrons. The average molecular weight is 277 g/mol. The predicted octanol–water partition coefficient (Wildman–Crippen LogP) is -0.0264. The Bertz CT molecular complexity index is 429. The Kier molecular flexibility index (Phi) is 4.72. The Labute approximate surface area is 107 Å². The highest BCUT2D eigenvalue weighted by molar-refractivity contribution is 7.92. The summed E-state index contributed by atoms with van der Waals surface area (Å²) in [5.41, 5.74) is 0. The van der Waals surface area contributed by atoms with Gasteiger partial charge in [0.2, 0.25) is 5.91 Å². The van der Waals surface area contributed by atoms with Crippen LogP contribution < -0.4 is 0 Å². The maximum atomic E-state index is 12.0. The monoisotopic (exact) mass is 277 g/mol. The standard InChI is InChI=1S/C11H19NO5S/c1-8(2)12-6-4-9(11(12)14)18(15,16)7-5-10(13)17-3/h8-9H,4-7H2,1-3H3.